The Morgan fingerprint density at radius 1 is 1.04 bits per heavy atom. The fraction of sp³-hybridized carbons (Fsp3) is 0.158. The lowest BCUT2D eigenvalue weighted by Crippen LogP contribution is -2.11. The summed E-state index contributed by atoms with van der Waals surface area (Å²) in [6, 6.07) is 10.4. The topological polar surface area (TPSA) is 60.5 Å². The molecule has 1 heterocycles. The molecule has 0 bridgehead atoms. The quantitative estimate of drug-likeness (QED) is 0.572. The number of benzene rings is 2. The highest BCUT2D eigenvalue weighted by Crippen LogP contribution is 2.35. The second-order valence-electron chi connectivity index (χ2n) is 5.59. The first-order chi connectivity index (χ1) is 12.9. The molecule has 5 nitrogen and oxygen atoms in total. The Kier molecular flexibility index (Phi) is 5.89. The average Bonchev–Trinajstić information content (AvgIpc) is 3.06. The first-order valence-electron chi connectivity index (χ1n) is 7.89. The summed E-state index contributed by atoms with van der Waals surface area (Å²) < 4.78 is 10.6. The van der Waals surface area contributed by atoms with Gasteiger partial charge in [0.1, 0.15) is 9.88 Å². The molecular weight excluding hydrogens is 407 g/mol. The molecule has 0 aliphatic rings. The normalized spacial score (nSPS) is 10.6. The van der Waals surface area contributed by atoms with E-state index in [4.69, 9.17) is 32.7 Å². The van der Waals surface area contributed by atoms with Gasteiger partial charge < -0.3 is 14.8 Å². The highest BCUT2D eigenvalue weighted by atomic mass is 35.5. The van der Waals surface area contributed by atoms with Gasteiger partial charge in [-0.2, -0.15) is 0 Å². The molecule has 3 rings (SSSR count). The van der Waals surface area contributed by atoms with Crippen LogP contribution in [-0.4, -0.2) is 25.1 Å². The third kappa shape index (κ3) is 4.18. The van der Waals surface area contributed by atoms with Gasteiger partial charge in [0.15, 0.2) is 11.5 Å². The number of aryl methyl sites for hydroxylation is 1. The van der Waals surface area contributed by atoms with Crippen molar-refractivity contribution in [2.24, 2.45) is 0 Å². The van der Waals surface area contributed by atoms with E-state index in [0.29, 0.717) is 42.8 Å². The molecule has 0 unspecified atom stereocenters. The van der Waals surface area contributed by atoms with Gasteiger partial charge in [0, 0.05) is 11.3 Å². The SMILES string of the molecule is COc1ccc(-c2nc(C)c(C(=O)Nc3ccc(Cl)c(Cl)c3)s2)cc1OC. The number of thiazole rings is 1. The van der Waals surface area contributed by atoms with E-state index in [0.717, 1.165) is 5.56 Å². The number of aromatic nitrogens is 1. The molecule has 140 valence electrons. The van der Waals surface area contributed by atoms with Gasteiger partial charge in [0.05, 0.1) is 30.0 Å². The van der Waals surface area contributed by atoms with Crippen molar-refractivity contribution in [1.82, 2.24) is 4.98 Å². The highest BCUT2D eigenvalue weighted by Gasteiger charge is 2.18. The predicted octanol–water partition coefficient (Wildman–Crippen LogP) is 5.69. The van der Waals surface area contributed by atoms with Crippen molar-refractivity contribution in [2.45, 2.75) is 6.92 Å². The van der Waals surface area contributed by atoms with Gasteiger partial charge in [-0.05, 0) is 43.3 Å². The van der Waals surface area contributed by atoms with Crippen molar-refractivity contribution in [1.29, 1.82) is 0 Å². The maximum absolute atomic E-state index is 12.6. The Balaban J connectivity index is 1.87. The Labute approximate surface area is 170 Å². The number of ether oxygens (including phenoxy) is 2. The van der Waals surface area contributed by atoms with Crippen LogP contribution in [0.25, 0.3) is 10.6 Å². The largest absolute Gasteiger partial charge is 0.493 e. The molecule has 0 radical (unpaired) electrons. The van der Waals surface area contributed by atoms with Crippen molar-refractivity contribution >= 4 is 46.1 Å². The zero-order valence-corrected chi connectivity index (χ0v) is 17.1. The molecule has 1 aromatic heterocycles. The molecule has 1 N–H and O–H groups in total. The van der Waals surface area contributed by atoms with Crippen LogP contribution in [0.2, 0.25) is 10.0 Å². The number of hydrogen-bond acceptors (Lipinski definition) is 5. The predicted molar refractivity (Wildman–Crippen MR) is 110 cm³/mol. The minimum Gasteiger partial charge on any atom is -0.493 e. The van der Waals surface area contributed by atoms with Gasteiger partial charge in [0.25, 0.3) is 5.91 Å². The number of nitrogens with zero attached hydrogens (tertiary/aromatic N) is 1. The van der Waals surface area contributed by atoms with Gasteiger partial charge in [-0.15, -0.1) is 11.3 Å². The van der Waals surface area contributed by atoms with E-state index in [2.05, 4.69) is 10.3 Å². The molecule has 0 saturated heterocycles. The van der Waals surface area contributed by atoms with Gasteiger partial charge >= 0.3 is 0 Å². The molecule has 27 heavy (non-hydrogen) atoms. The maximum atomic E-state index is 12.6. The van der Waals surface area contributed by atoms with E-state index in [-0.39, 0.29) is 5.91 Å². The molecule has 0 aliphatic heterocycles. The summed E-state index contributed by atoms with van der Waals surface area (Å²) in [5, 5.41) is 4.34. The fourth-order valence-corrected chi connectivity index (χ4v) is 3.72. The number of nitrogens with one attached hydrogen (secondary N) is 1. The van der Waals surface area contributed by atoms with Crippen LogP contribution in [0.5, 0.6) is 11.5 Å². The van der Waals surface area contributed by atoms with E-state index in [1.807, 2.05) is 12.1 Å². The first-order valence-corrected chi connectivity index (χ1v) is 9.46. The summed E-state index contributed by atoms with van der Waals surface area (Å²) in [7, 11) is 3.15. The molecule has 8 heteroatoms. The van der Waals surface area contributed by atoms with Crippen LogP contribution >= 0.6 is 34.5 Å². The van der Waals surface area contributed by atoms with Gasteiger partial charge in [-0.3, -0.25) is 4.79 Å². The minimum absolute atomic E-state index is 0.255. The number of hydrogen-bond donors (Lipinski definition) is 1. The van der Waals surface area contributed by atoms with Crippen LogP contribution in [0.1, 0.15) is 15.4 Å². The monoisotopic (exact) mass is 422 g/mol. The molecule has 0 spiro atoms. The Morgan fingerprint density at radius 2 is 1.78 bits per heavy atom. The maximum Gasteiger partial charge on any atom is 0.267 e. The average molecular weight is 423 g/mol. The summed E-state index contributed by atoms with van der Waals surface area (Å²) in [6.45, 7) is 1.80. The molecule has 0 saturated carbocycles. The summed E-state index contributed by atoms with van der Waals surface area (Å²) in [6.07, 6.45) is 0. The van der Waals surface area contributed by atoms with Crippen LogP contribution in [0.15, 0.2) is 36.4 Å². The van der Waals surface area contributed by atoms with Crippen LogP contribution < -0.4 is 14.8 Å². The number of carbonyl (C=O) groups is 1. The second-order valence-corrected chi connectivity index (χ2v) is 7.40. The number of rotatable bonds is 5. The Bertz CT molecular complexity index is 1000. The van der Waals surface area contributed by atoms with Crippen LogP contribution in [0.3, 0.4) is 0 Å². The van der Waals surface area contributed by atoms with Gasteiger partial charge in [0.2, 0.25) is 0 Å². The van der Waals surface area contributed by atoms with Crippen molar-refractivity contribution in [3.8, 4) is 22.1 Å². The summed E-state index contributed by atoms with van der Waals surface area (Å²) in [5.41, 5.74) is 2.05. The minimum atomic E-state index is -0.255. The van der Waals surface area contributed by atoms with Crippen molar-refractivity contribution < 1.29 is 14.3 Å². The highest BCUT2D eigenvalue weighted by molar-refractivity contribution is 7.17. The van der Waals surface area contributed by atoms with Crippen molar-refractivity contribution in [3.63, 3.8) is 0 Å². The van der Waals surface area contributed by atoms with E-state index < -0.39 is 0 Å². The summed E-state index contributed by atoms with van der Waals surface area (Å²) in [5.74, 6) is 0.979. The number of amides is 1. The Hall–Kier alpha value is -2.28. The zero-order valence-electron chi connectivity index (χ0n) is 14.8. The van der Waals surface area contributed by atoms with Crippen LogP contribution in [0, 0.1) is 6.92 Å². The van der Waals surface area contributed by atoms with Crippen molar-refractivity contribution in [2.75, 3.05) is 19.5 Å². The number of anilines is 1. The van der Waals surface area contributed by atoms with E-state index >= 15 is 0 Å². The molecular formula is C19H16Cl2N2O3S. The van der Waals surface area contributed by atoms with E-state index in [9.17, 15) is 4.79 Å². The van der Waals surface area contributed by atoms with Gasteiger partial charge in [-0.1, -0.05) is 23.2 Å². The fourth-order valence-electron chi connectivity index (χ4n) is 2.46. The lowest BCUT2D eigenvalue weighted by atomic mass is 10.2. The number of methoxy groups -OCH3 is 2. The first kappa shape index (κ1) is 19.5. The standard InChI is InChI=1S/C19H16Cl2N2O3S/c1-10-17(18(24)23-12-5-6-13(20)14(21)9-12)27-19(22-10)11-4-7-15(25-2)16(8-11)26-3/h4-9H,1-3H3,(H,23,24). The van der Waals surface area contributed by atoms with Crippen LogP contribution in [-0.2, 0) is 0 Å². The lowest BCUT2D eigenvalue weighted by Gasteiger charge is -2.08. The third-order valence-corrected chi connectivity index (χ3v) is 5.76. The molecule has 2 aromatic carbocycles. The van der Waals surface area contributed by atoms with E-state index in [1.54, 1.807) is 45.4 Å². The Morgan fingerprint density at radius 3 is 2.44 bits per heavy atom. The van der Waals surface area contributed by atoms with Crippen LogP contribution in [0.4, 0.5) is 5.69 Å². The smallest absolute Gasteiger partial charge is 0.267 e. The van der Waals surface area contributed by atoms with E-state index in [1.165, 1.54) is 11.3 Å². The number of halogens is 2. The summed E-state index contributed by atoms with van der Waals surface area (Å²) in [4.78, 5) is 17.7. The molecule has 1 amide bonds. The lowest BCUT2D eigenvalue weighted by molar-refractivity contribution is 0.103. The molecule has 3 aromatic rings. The van der Waals surface area contributed by atoms with Gasteiger partial charge in [-0.25, -0.2) is 4.98 Å². The molecule has 0 fully saturated rings. The second kappa shape index (κ2) is 8.17. The zero-order chi connectivity index (χ0) is 19.6. The molecule has 0 aliphatic carbocycles. The van der Waals surface area contributed by atoms with Crippen molar-refractivity contribution in [3.05, 3.63) is 57.0 Å². The summed E-state index contributed by atoms with van der Waals surface area (Å²) >= 11 is 13.2. The molecule has 0 atom stereocenters. The third-order valence-electron chi connectivity index (χ3n) is 3.81. The number of carbonyl (C=O) groups excluding carboxylic acids is 1.